The van der Waals surface area contributed by atoms with Gasteiger partial charge in [0, 0.05) is 22.4 Å². The van der Waals surface area contributed by atoms with E-state index in [1.54, 1.807) is 5.57 Å². The SMILES string of the molecule is CC1C=C2CC(CCC23c2ccccc2-c2ccc(-c4cccc(-c5cccc(Nc6ccccc6-c6ccccc6)c5)c4)cc23)C1. The van der Waals surface area contributed by atoms with Crippen LogP contribution in [0.4, 0.5) is 11.4 Å². The van der Waals surface area contributed by atoms with Gasteiger partial charge in [-0.25, -0.2) is 0 Å². The van der Waals surface area contributed by atoms with Crippen molar-refractivity contribution in [3.05, 3.63) is 168 Å². The smallest absolute Gasteiger partial charge is 0.0463 e. The van der Waals surface area contributed by atoms with Crippen LogP contribution < -0.4 is 5.32 Å². The Bertz CT molecular complexity index is 2150. The largest absolute Gasteiger partial charge is 0.355 e. The normalized spacial score (nSPS) is 20.7. The number of benzene rings is 6. The van der Waals surface area contributed by atoms with Crippen LogP contribution >= 0.6 is 0 Å². The van der Waals surface area contributed by atoms with Crippen molar-refractivity contribution < 1.29 is 0 Å². The van der Waals surface area contributed by atoms with Gasteiger partial charge in [0.25, 0.3) is 0 Å². The fourth-order valence-electron chi connectivity index (χ4n) is 8.95. The van der Waals surface area contributed by atoms with Crippen molar-refractivity contribution in [2.75, 3.05) is 5.32 Å². The van der Waals surface area contributed by atoms with Gasteiger partial charge in [0.1, 0.15) is 0 Å². The van der Waals surface area contributed by atoms with Crippen molar-refractivity contribution in [1.82, 2.24) is 0 Å². The summed E-state index contributed by atoms with van der Waals surface area (Å²) in [6.07, 6.45) is 7.76. The number of para-hydroxylation sites is 1. The van der Waals surface area contributed by atoms with Crippen molar-refractivity contribution >= 4 is 11.4 Å². The summed E-state index contributed by atoms with van der Waals surface area (Å²) in [5, 5.41) is 3.71. The molecule has 0 saturated heterocycles. The van der Waals surface area contributed by atoms with Gasteiger partial charge in [0.05, 0.1) is 0 Å². The van der Waals surface area contributed by atoms with E-state index < -0.39 is 0 Å². The summed E-state index contributed by atoms with van der Waals surface area (Å²) in [7, 11) is 0. The van der Waals surface area contributed by atoms with Crippen LogP contribution in [-0.2, 0) is 5.41 Å². The molecule has 0 radical (unpaired) electrons. The topological polar surface area (TPSA) is 12.0 Å². The van der Waals surface area contributed by atoms with E-state index in [9.17, 15) is 0 Å². The Hall–Kier alpha value is -5.14. The zero-order valence-corrected chi connectivity index (χ0v) is 26.9. The van der Waals surface area contributed by atoms with Crippen LogP contribution in [0.1, 0.15) is 43.7 Å². The predicted octanol–water partition coefficient (Wildman–Crippen LogP) is 12.5. The molecule has 9 rings (SSSR count). The maximum absolute atomic E-state index is 3.71. The van der Waals surface area contributed by atoms with Gasteiger partial charge in [-0.05, 0) is 118 Å². The molecule has 3 aliphatic carbocycles. The Morgan fingerprint density at radius 2 is 1.21 bits per heavy atom. The Balaban J connectivity index is 1.08. The Labute approximate surface area is 278 Å². The monoisotopic (exact) mass is 605 g/mol. The summed E-state index contributed by atoms with van der Waals surface area (Å²) in [4.78, 5) is 0. The summed E-state index contributed by atoms with van der Waals surface area (Å²) >= 11 is 0. The molecule has 2 bridgehead atoms. The molecular weight excluding hydrogens is 567 g/mol. The minimum atomic E-state index is 0.0147. The third kappa shape index (κ3) is 4.76. The van der Waals surface area contributed by atoms with Crippen LogP contribution in [-0.4, -0.2) is 0 Å². The van der Waals surface area contributed by atoms with E-state index in [1.165, 1.54) is 81.3 Å². The average molecular weight is 606 g/mol. The first-order valence-electron chi connectivity index (χ1n) is 17.2. The van der Waals surface area contributed by atoms with Gasteiger partial charge in [-0.3, -0.25) is 0 Å². The molecule has 228 valence electrons. The lowest BCUT2D eigenvalue weighted by molar-refractivity contribution is 0.284. The molecule has 3 atom stereocenters. The van der Waals surface area contributed by atoms with Crippen molar-refractivity contribution in [3.63, 3.8) is 0 Å². The highest BCUT2D eigenvalue weighted by atomic mass is 14.9. The van der Waals surface area contributed by atoms with E-state index in [2.05, 4.69) is 164 Å². The lowest BCUT2D eigenvalue weighted by atomic mass is 9.58. The first-order valence-corrected chi connectivity index (χ1v) is 17.2. The number of nitrogens with one attached hydrogen (secondary N) is 1. The summed E-state index contributed by atoms with van der Waals surface area (Å²) in [6, 6.07) is 53.5. The van der Waals surface area contributed by atoms with E-state index >= 15 is 0 Å². The van der Waals surface area contributed by atoms with E-state index in [4.69, 9.17) is 0 Å². The lowest BCUT2D eigenvalue weighted by Crippen LogP contribution is -2.36. The molecule has 3 aliphatic rings. The van der Waals surface area contributed by atoms with Gasteiger partial charge >= 0.3 is 0 Å². The number of fused-ring (bicyclic) bond motifs is 8. The van der Waals surface area contributed by atoms with Gasteiger partial charge in [-0.1, -0.05) is 134 Å². The van der Waals surface area contributed by atoms with Gasteiger partial charge in [0.15, 0.2) is 0 Å². The minimum absolute atomic E-state index is 0.0147. The van der Waals surface area contributed by atoms with Crippen molar-refractivity contribution in [1.29, 1.82) is 0 Å². The minimum Gasteiger partial charge on any atom is -0.355 e. The molecule has 1 saturated carbocycles. The first-order chi connectivity index (χ1) is 23.2. The van der Waals surface area contributed by atoms with E-state index in [0.717, 1.165) is 17.3 Å². The fraction of sp³-hybridized carbons (Fsp3) is 0.174. The summed E-state index contributed by atoms with van der Waals surface area (Å²) in [6.45, 7) is 2.42. The number of rotatable bonds is 5. The molecule has 0 aliphatic heterocycles. The van der Waals surface area contributed by atoms with Crippen LogP contribution in [0.15, 0.2) is 157 Å². The van der Waals surface area contributed by atoms with Crippen LogP contribution in [0.3, 0.4) is 0 Å². The van der Waals surface area contributed by atoms with E-state index in [0.29, 0.717) is 5.92 Å². The molecule has 1 nitrogen and oxygen atoms in total. The molecule has 6 aromatic rings. The lowest BCUT2D eigenvalue weighted by Gasteiger charge is -2.45. The van der Waals surface area contributed by atoms with Crippen molar-refractivity contribution in [2.24, 2.45) is 11.8 Å². The first kappa shape index (κ1) is 28.1. The molecule has 1 fully saturated rings. The Kier molecular flexibility index (Phi) is 6.75. The molecule has 0 heterocycles. The van der Waals surface area contributed by atoms with Crippen LogP contribution in [0, 0.1) is 11.8 Å². The van der Waals surface area contributed by atoms with Gasteiger partial charge in [0.2, 0.25) is 0 Å². The van der Waals surface area contributed by atoms with Gasteiger partial charge < -0.3 is 5.32 Å². The zero-order chi connectivity index (χ0) is 31.4. The third-order valence-electron chi connectivity index (χ3n) is 11.0. The molecule has 3 unspecified atom stereocenters. The molecule has 1 N–H and O–H groups in total. The van der Waals surface area contributed by atoms with Crippen LogP contribution in [0.25, 0.3) is 44.5 Å². The summed E-state index contributed by atoms with van der Waals surface area (Å²) in [5.41, 5.74) is 17.2. The Morgan fingerprint density at radius 3 is 2.06 bits per heavy atom. The predicted molar refractivity (Wildman–Crippen MR) is 198 cm³/mol. The maximum atomic E-state index is 3.71. The van der Waals surface area contributed by atoms with Crippen molar-refractivity contribution in [3.8, 4) is 44.5 Å². The molecular formula is C46H39N. The van der Waals surface area contributed by atoms with Gasteiger partial charge in [-0.2, -0.15) is 0 Å². The summed E-state index contributed by atoms with van der Waals surface area (Å²) < 4.78 is 0. The second kappa shape index (κ2) is 11.3. The number of anilines is 2. The molecule has 6 aromatic carbocycles. The Morgan fingerprint density at radius 1 is 0.553 bits per heavy atom. The second-order valence-electron chi connectivity index (χ2n) is 13.9. The molecule has 47 heavy (non-hydrogen) atoms. The molecule has 1 heteroatoms. The number of hydrogen-bond acceptors (Lipinski definition) is 1. The highest BCUT2D eigenvalue weighted by Gasteiger charge is 2.49. The third-order valence-corrected chi connectivity index (χ3v) is 11.0. The van der Waals surface area contributed by atoms with Crippen molar-refractivity contribution in [2.45, 2.75) is 38.0 Å². The maximum Gasteiger partial charge on any atom is 0.0463 e. The molecule has 1 spiro atoms. The highest BCUT2D eigenvalue weighted by Crippen LogP contribution is 2.61. The standard InChI is InChI=1S/C46H39N/c1-31-25-32-23-24-46(38(26-31)27-32)43-19-7-5-18-41(43)42-22-21-37(30-44(42)46)35-14-9-13-34(28-35)36-15-10-16-39(29-36)47-45-20-8-6-17-40(45)33-11-3-2-4-12-33/h2-22,26,28-32,47H,23-25,27H2,1H3. The van der Waals surface area contributed by atoms with Gasteiger partial charge in [-0.15, -0.1) is 0 Å². The van der Waals surface area contributed by atoms with E-state index in [1.807, 2.05) is 0 Å². The van der Waals surface area contributed by atoms with E-state index in [-0.39, 0.29) is 5.41 Å². The molecule has 0 amide bonds. The number of hydrogen-bond donors (Lipinski definition) is 1. The summed E-state index contributed by atoms with van der Waals surface area (Å²) in [5.74, 6) is 1.50. The zero-order valence-electron chi connectivity index (χ0n) is 26.9. The van der Waals surface area contributed by atoms with Crippen LogP contribution in [0.5, 0.6) is 0 Å². The second-order valence-corrected chi connectivity index (χ2v) is 13.9. The highest BCUT2D eigenvalue weighted by molar-refractivity contribution is 5.87. The molecule has 0 aromatic heterocycles. The fourth-order valence-corrected chi connectivity index (χ4v) is 8.95. The number of allylic oxidation sites excluding steroid dienone is 2. The van der Waals surface area contributed by atoms with Crippen LogP contribution in [0.2, 0.25) is 0 Å². The average Bonchev–Trinajstić information content (AvgIpc) is 3.40. The quantitative estimate of drug-likeness (QED) is 0.193.